The zero-order valence-corrected chi connectivity index (χ0v) is 16.8. The van der Waals surface area contributed by atoms with Gasteiger partial charge in [0.05, 0.1) is 22.8 Å². The number of fused-ring (bicyclic) bond motifs is 1. The van der Waals surface area contributed by atoms with Crippen molar-refractivity contribution in [1.29, 1.82) is 0 Å². The van der Waals surface area contributed by atoms with Gasteiger partial charge in [-0.2, -0.15) is 5.10 Å². The van der Waals surface area contributed by atoms with Crippen LogP contribution in [0, 0.1) is 6.92 Å². The van der Waals surface area contributed by atoms with Crippen molar-refractivity contribution in [3.05, 3.63) is 47.7 Å². The highest BCUT2D eigenvalue weighted by Gasteiger charge is 2.46. The van der Waals surface area contributed by atoms with Crippen LogP contribution in [0.2, 0.25) is 0 Å². The number of pyridine rings is 1. The van der Waals surface area contributed by atoms with E-state index in [-0.39, 0.29) is 6.04 Å². The zero-order chi connectivity index (χ0) is 20.8. The Labute approximate surface area is 168 Å². The smallest absolute Gasteiger partial charge is 0.329 e. The molecule has 1 amide bonds. The highest BCUT2D eigenvalue weighted by Crippen LogP contribution is 2.34. The van der Waals surface area contributed by atoms with Gasteiger partial charge in [-0.05, 0) is 51.7 Å². The van der Waals surface area contributed by atoms with Gasteiger partial charge in [0, 0.05) is 11.6 Å². The predicted octanol–water partition coefficient (Wildman–Crippen LogP) is 3.72. The lowest BCUT2D eigenvalue weighted by molar-refractivity contribution is -0.148. The molecule has 2 N–H and O–H groups in total. The maximum Gasteiger partial charge on any atom is 0.329 e. The summed E-state index contributed by atoms with van der Waals surface area (Å²) in [6.45, 7) is 6.00. The lowest BCUT2D eigenvalue weighted by Gasteiger charge is -2.38. The minimum Gasteiger partial charge on any atom is -0.480 e. The van der Waals surface area contributed by atoms with Gasteiger partial charge in [-0.1, -0.05) is 24.3 Å². The first-order valence-electron chi connectivity index (χ1n) is 9.82. The second kappa shape index (κ2) is 6.99. The first kappa shape index (κ1) is 19.1. The summed E-state index contributed by atoms with van der Waals surface area (Å²) in [5, 5.41) is 17.4. The van der Waals surface area contributed by atoms with Gasteiger partial charge in [-0.25, -0.2) is 14.5 Å². The van der Waals surface area contributed by atoms with E-state index >= 15 is 0 Å². The van der Waals surface area contributed by atoms with Crippen molar-refractivity contribution in [3.63, 3.8) is 0 Å². The summed E-state index contributed by atoms with van der Waals surface area (Å²) in [5.74, 6) is -1.39. The Hall–Kier alpha value is -3.22. The Morgan fingerprint density at radius 2 is 1.97 bits per heavy atom. The quantitative estimate of drug-likeness (QED) is 0.690. The van der Waals surface area contributed by atoms with Gasteiger partial charge < -0.3 is 10.4 Å². The second-order valence-corrected chi connectivity index (χ2v) is 7.99. The number of carboxylic acid groups (broad SMARTS) is 1. The summed E-state index contributed by atoms with van der Waals surface area (Å²) in [4.78, 5) is 29.7. The van der Waals surface area contributed by atoms with Gasteiger partial charge in [0.15, 0.2) is 5.65 Å². The van der Waals surface area contributed by atoms with Crippen molar-refractivity contribution in [1.82, 2.24) is 20.1 Å². The molecule has 0 bridgehead atoms. The van der Waals surface area contributed by atoms with E-state index in [0.29, 0.717) is 35.1 Å². The molecule has 1 aliphatic carbocycles. The predicted molar refractivity (Wildman–Crippen MR) is 110 cm³/mol. The molecule has 7 heteroatoms. The molecule has 1 aliphatic rings. The second-order valence-electron chi connectivity index (χ2n) is 7.99. The van der Waals surface area contributed by atoms with Crippen LogP contribution in [0.3, 0.4) is 0 Å². The average Bonchev–Trinajstić information content (AvgIpc) is 3.08. The van der Waals surface area contributed by atoms with Gasteiger partial charge in [0.2, 0.25) is 0 Å². The normalized spacial score (nSPS) is 15.3. The number of rotatable bonds is 5. The monoisotopic (exact) mass is 392 g/mol. The van der Waals surface area contributed by atoms with Crippen molar-refractivity contribution >= 4 is 22.9 Å². The van der Waals surface area contributed by atoms with E-state index in [1.54, 1.807) is 16.9 Å². The number of nitrogens with one attached hydrogen (secondary N) is 1. The number of amides is 1. The number of carbonyl (C=O) groups excluding carboxylic acids is 1. The summed E-state index contributed by atoms with van der Waals surface area (Å²) >= 11 is 0. The van der Waals surface area contributed by atoms with E-state index in [2.05, 4.69) is 10.4 Å². The standard InChI is InChI=1S/C22H24N4O3/c1-13(2)26-19-17(12-23-26)16(20(27)25-22(21(28)29)9-6-10-22)11-18(24-19)15-8-5-4-7-14(15)3/h4-5,7-8,11-13H,6,9-10H2,1-3H3,(H,25,27)(H,28,29). The fraction of sp³-hybridized carbons (Fsp3) is 0.364. The third-order valence-corrected chi connectivity index (χ3v) is 5.69. The number of carboxylic acids is 1. The molecule has 1 aromatic carbocycles. The van der Waals surface area contributed by atoms with E-state index in [4.69, 9.17) is 4.98 Å². The molecule has 0 saturated heterocycles. The summed E-state index contributed by atoms with van der Waals surface area (Å²) in [6, 6.07) is 9.65. The molecule has 1 saturated carbocycles. The minimum atomic E-state index is -1.18. The van der Waals surface area contributed by atoms with Crippen LogP contribution in [0.1, 0.15) is 55.1 Å². The molecule has 4 rings (SSSR count). The third-order valence-electron chi connectivity index (χ3n) is 5.69. The molecule has 0 atom stereocenters. The van der Waals surface area contributed by atoms with E-state index in [1.165, 1.54) is 0 Å². The Balaban J connectivity index is 1.87. The zero-order valence-electron chi connectivity index (χ0n) is 16.8. The molecular formula is C22H24N4O3. The third kappa shape index (κ3) is 3.16. The maximum atomic E-state index is 13.2. The molecule has 7 nitrogen and oxygen atoms in total. The van der Waals surface area contributed by atoms with Crippen LogP contribution in [0.25, 0.3) is 22.3 Å². The van der Waals surface area contributed by atoms with E-state index in [9.17, 15) is 14.7 Å². The van der Waals surface area contributed by atoms with Crippen LogP contribution in [0.15, 0.2) is 36.5 Å². The Morgan fingerprint density at radius 1 is 1.24 bits per heavy atom. The van der Waals surface area contributed by atoms with Crippen molar-refractivity contribution < 1.29 is 14.7 Å². The van der Waals surface area contributed by atoms with E-state index < -0.39 is 17.4 Å². The molecule has 2 aromatic heterocycles. The fourth-order valence-electron chi connectivity index (χ4n) is 3.79. The number of aryl methyl sites for hydroxylation is 1. The number of aliphatic carboxylic acids is 1. The van der Waals surface area contributed by atoms with Crippen LogP contribution >= 0.6 is 0 Å². The van der Waals surface area contributed by atoms with Crippen molar-refractivity contribution in [2.24, 2.45) is 0 Å². The number of hydrogen-bond donors (Lipinski definition) is 2. The molecule has 1 fully saturated rings. The highest BCUT2D eigenvalue weighted by atomic mass is 16.4. The average molecular weight is 392 g/mol. The summed E-state index contributed by atoms with van der Waals surface area (Å²) < 4.78 is 1.78. The number of carbonyl (C=O) groups is 2. The number of nitrogens with zero attached hydrogens (tertiary/aromatic N) is 3. The molecule has 0 spiro atoms. The summed E-state index contributed by atoms with van der Waals surface area (Å²) in [7, 11) is 0. The lowest BCUT2D eigenvalue weighted by Crippen LogP contribution is -2.59. The fourth-order valence-corrected chi connectivity index (χ4v) is 3.79. The molecule has 3 aromatic rings. The maximum absolute atomic E-state index is 13.2. The van der Waals surface area contributed by atoms with Crippen molar-refractivity contribution in [3.8, 4) is 11.3 Å². The first-order chi connectivity index (χ1) is 13.8. The largest absolute Gasteiger partial charge is 0.480 e. The van der Waals surface area contributed by atoms with Crippen LogP contribution in [-0.4, -0.2) is 37.3 Å². The van der Waals surface area contributed by atoms with Gasteiger partial charge in [0.25, 0.3) is 5.91 Å². The number of aromatic nitrogens is 3. The van der Waals surface area contributed by atoms with Crippen LogP contribution < -0.4 is 5.32 Å². The molecule has 0 unspecified atom stereocenters. The lowest BCUT2D eigenvalue weighted by atomic mass is 9.76. The molecular weight excluding hydrogens is 368 g/mol. The Kier molecular flexibility index (Phi) is 4.61. The SMILES string of the molecule is Cc1ccccc1-c1cc(C(=O)NC2(C(=O)O)CCC2)c2cnn(C(C)C)c2n1. The number of hydrogen-bond acceptors (Lipinski definition) is 4. The highest BCUT2D eigenvalue weighted by molar-refractivity contribution is 6.08. The minimum absolute atomic E-state index is 0.0695. The Morgan fingerprint density at radius 3 is 2.55 bits per heavy atom. The molecule has 0 aliphatic heterocycles. The topological polar surface area (TPSA) is 97.1 Å². The Bertz CT molecular complexity index is 1110. The molecule has 0 radical (unpaired) electrons. The first-order valence-corrected chi connectivity index (χ1v) is 9.82. The molecule has 150 valence electrons. The van der Waals surface area contributed by atoms with Crippen LogP contribution in [0.5, 0.6) is 0 Å². The molecule has 29 heavy (non-hydrogen) atoms. The van der Waals surface area contributed by atoms with Crippen LogP contribution in [-0.2, 0) is 4.79 Å². The van der Waals surface area contributed by atoms with Gasteiger partial charge in [0.1, 0.15) is 5.54 Å². The summed E-state index contributed by atoms with van der Waals surface area (Å²) in [6.07, 6.45) is 3.31. The van der Waals surface area contributed by atoms with Crippen molar-refractivity contribution in [2.75, 3.05) is 0 Å². The number of benzene rings is 1. The van der Waals surface area contributed by atoms with Gasteiger partial charge in [-0.15, -0.1) is 0 Å². The molecule has 2 heterocycles. The summed E-state index contributed by atoms with van der Waals surface area (Å²) in [5.41, 5.74) is 2.47. The van der Waals surface area contributed by atoms with E-state index in [1.807, 2.05) is 45.0 Å². The van der Waals surface area contributed by atoms with Crippen LogP contribution in [0.4, 0.5) is 0 Å². The van der Waals surface area contributed by atoms with Crippen molar-refractivity contribution in [2.45, 2.75) is 51.6 Å². The van der Waals surface area contributed by atoms with Gasteiger partial charge >= 0.3 is 5.97 Å². The van der Waals surface area contributed by atoms with E-state index in [0.717, 1.165) is 17.5 Å². The van der Waals surface area contributed by atoms with Gasteiger partial charge in [-0.3, -0.25) is 4.79 Å².